The van der Waals surface area contributed by atoms with Crippen LogP contribution in [0.25, 0.3) is 0 Å². The highest BCUT2D eigenvalue weighted by Gasteiger charge is 1.92. The van der Waals surface area contributed by atoms with Gasteiger partial charge in [0.1, 0.15) is 0 Å². The summed E-state index contributed by atoms with van der Waals surface area (Å²) in [5.74, 6) is 0.732. The third kappa shape index (κ3) is 9.97. The minimum atomic E-state index is 0.678. The summed E-state index contributed by atoms with van der Waals surface area (Å²) in [6.07, 6.45) is 6.47. The highest BCUT2D eigenvalue weighted by atomic mass is 32.1. The van der Waals surface area contributed by atoms with Crippen molar-refractivity contribution in [3.63, 3.8) is 0 Å². The first kappa shape index (κ1) is 13.1. The molecule has 0 unspecified atom stereocenters. The summed E-state index contributed by atoms with van der Waals surface area (Å²) in [4.78, 5) is 0. The molecule has 0 radical (unpaired) electrons. The monoisotopic (exact) mass is 202 g/mol. The maximum absolute atomic E-state index is 5.42. The molecule has 0 atom stereocenters. The number of unbranched alkanes of at least 4 members (excludes halogenated alkanes) is 4. The molecule has 0 fully saturated rings. The van der Waals surface area contributed by atoms with Crippen LogP contribution in [-0.2, 0) is 4.74 Å². The van der Waals surface area contributed by atoms with E-state index in [0.717, 1.165) is 17.9 Å². The van der Waals surface area contributed by atoms with Crippen LogP contribution in [0.15, 0.2) is 12.2 Å². The van der Waals surface area contributed by atoms with E-state index in [4.69, 9.17) is 4.74 Å². The van der Waals surface area contributed by atoms with E-state index in [9.17, 15) is 0 Å². The first-order chi connectivity index (χ1) is 6.31. The largest absolute Gasteiger partial charge is 0.377 e. The normalized spacial score (nSPS) is 10.3. The van der Waals surface area contributed by atoms with Crippen molar-refractivity contribution < 1.29 is 4.74 Å². The van der Waals surface area contributed by atoms with Crippen molar-refractivity contribution in [1.82, 2.24) is 0 Å². The second-order valence-corrected chi connectivity index (χ2v) is 3.69. The fourth-order valence-electron chi connectivity index (χ4n) is 1.07. The lowest BCUT2D eigenvalue weighted by Gasteiger charge is -2.04. The molecule has 0 aliphatic heterocycles. The van der Waals surface area contributed by atoms with Crippen LogP contribution in [-0.4, -0.2) is 19.0 Å². The highest BCUT2D eigenvalue weighted by molar-refractivity contribution is 7.80. The molecule has 0 aromatic heterocycles. The first-order valence-corrected chi connectivity index (χ1v) is 5.79. The quantitative estimate of drug-likeness (QED) is 0.342. The van der Waals surface area contributed by atoms with E-state index in [0.29, 0.717) is 6.61 Å². The molecule has 13 heavy (non-hydrogen) atoms. The van der Waals surface area contributed by atoms with Crippen LogP contribution in [0.3, 0.4) is 0 Å². The van der Waals surface area contributed by atoms with Crippen LogP contribution in [0, 0.1) is 0 Å². The van der Waals surface area contributed by atoms with Crippen molar-refractivity contribution in [1.29, 1.82) is 0 Å². The Bertz CT molecular complexity index is 123. The number of rotatable bonds is 9. The van der Waals surface area contributed by atoms with E-state index in [1.165, 1.54) is 32.1 Å². The van der Waals surface area contributed by atoms with Gasteiger partial charge in [-0.3, -0.25) is 0 Å². The summed E-state index contributed by atoms with van der Waals surface area (Å²) in [5.41, 5.74) is 1.07. The zero-order chi connectivity index (χ0) is 9.94. The third-order valence-corrected chi connectivity index (χ3v) is 2.37. The Hall–Kier alpha value is 0.0500. The van der Waals surface area contributed by atoms with Gasteiger partial charge in [-0.1, -0.05) is 39.2 Å². The van der Waals surface area contributed by atoms with Crippen LogP contribution in [0.5, 0.6) is 0 Å². The number of hydrogen-bond donors (Lipinski definition) is 1. The Morgan fingerprint density at radius 3 is 2.54 bits per heavy atom. The van der Waals surface area contributed by atoms with E-state index in [2.05, 4.69) is 26.1 Å². The summed E-state index contributed by atoms with van der Waals surface area (Å²) >= 11 is 4.11. The molecule has 0 aromatic rings. The van der Waals surface area contributed by atoms with Gasteiger partial charge >= 0.3 is 0 Å². The van der Waals surface area contributed by atoms with Crippen LogP contribution in [0.4, 0.5) is 0 Å². The third-order valence-electron chi connectivity index (χ3n) is 1.92. The Labute approximate surface area is 88.0 Å². The summed E-state index contributed by atoms with van der Waals surface area (Å²) in [6, 6.07) is 0. The first-order valence-electron chi connectivity index (χ1n) is 5.16. The summed E-state index contributed by atoms with van der Waals surface area (Å²) in [7, 11) is 0. The number of ether oxygens (including phenoxy) is 1. The molecule has 0 heterocycles. The minimum Gasteiger partial charge on any atom is -0.377 e. The molecule has 0 aromatic carbocycles. The Morgan fingerprint density at radius 1 is 1.23 bits per heavy atom. The van der Waals surface area contributed by atoms with Crippen molar-refractivity contribution in [3.8, 4) is 0 Å². The molecule has 1 nitrogen and oxygen atoms in total. The van der Waals surface area contributed by atoms with Crippen LogP contribution in [0.2, 0.25) is 0 Å². The molecule has 0 aliphatic rings. The predicted molar refractivity (Wildman–Crippen MR) is 62.6 cm³/mol. The van der Waals surface area contributed by atoms with Gasteiger partial charge in [0.05, 0.1) is 6.61 Å². The highest BCUT2D eigenvalue weighted by Crippen LogP contribution is 2.03. The summed E-state index contributed by atoms with van der Waals surface area (Å²) < 4.78 is 5.42. The van der Waals surface area contributed by atoms with E-state index >= 15 is 0 Å². The molecular formula is C11H22OS. The van der Waals surface area contributed by atoms with Gasteiger partial charge in [-0.2, -0.15) is 12.6 Å². The lowest BCUT2D eigenvalue weighted by Crippen LogP contribution is -2.00. The average molecular weight is 202 g/mol. The predicted octanol–water partition coefficient (Wildman–Crippen LogP) is 3.46. The standard InChI is InChI=1S/C11H22OS/c1-3-4-5-6-7-8-12-9-11(2)10-13/h13H,2-10H2,1H3. The lowest BCUT2D eigenvalue weighted by molar-refractivity contribution is 0.151. The molecule has 0 spiro atoms. The lowest BCUT2D eigenvalue weighted by atomic mass is 10.2. The second kappa shape index (κ2) is 10.1. The molecule has 78 valence electrons. The molecule has 0 rings (SSSR count). The SMILES string of the molecule is C=C(CS)COCCCCCCC. The second-order valence-electron chi connectivity index (χ2n) is 3.37. The molecule has 0 bridgehead atoms. The van der Waals surface area contributed by atoms with Gasteiger partial charge in [-0.05, 0) is 12.0 Å². The smallest absolute Gasteiger partial charge is 0.0682 e. The molecular weight excluding hydrogens is 180 g/mol. The van der Waals surface area contributed by atoms with E-state index in [1.807, 2.05) is 0 Å². The average Bonchev–Trinajstić information content (AvgIpc) is 2.16. The van der Waals surface area contributed by atoms with Crippen molar-refractivity contribution >= 4 is 12.6 Å². The van der Waals surface area contributed by atoms with Crippen molar-refractivity contribution in [2.24, 2.45) is 0 Å². The molecule has 0 aliphatic carbocycles. The molecule has 0 N–H and O–H groups in total. The van der Waals surface area contributed by atoms with E-state index in [-0.39, 0.29) is 0 Å². The fraction of sp³-hybridized carbons (Fsp3) is 0.818. The summed E-state index contributed by atoms with van der Waals surface area (Å²) in [5, 5.41) is 0. The van der Waals surface area contributed by atoms with E-state index in [1.54, 1.807) is 0 Å². The zero-order valence-corrected chi connectivity index (χ0v) is 9.61. The van der Waals surface area contributed by atoms with Crippen molar-refractivity contribution in [2.45, 2.75) is 39.0 Å². The Balaban J connectivity index is 2.95. The van der Waals surface area contributed by atoms with Gasteiger partial charge in [0.2, 0.25) is 0 Å². The van der Waals surface area contributed by atoms with Gasteiger partial charge in [-0.15, -0.1) is 0 Å². The minimum absolute atomic E-state index is 0.678. The fourth-order valence-corrected chi connectivity index (χ4v) is 1.16. The Kier molecular flexibility index (Phi) is 10.2. The van der Waals surface area contributed by atoms with Gasteiger partial charge in [0.15, 0.2) is 0 Å². The number of thiol groups is 1. The van der Waals surface area contributed by atoms with Crippen LogP contribution >= 0.6 is 12.6 Å². The molecule has 0 saturated carbocycles. The molecule has 0 amide bonds. The maximum atomic E-state index is 5.42. The Morgan fingerprint density at radius 2 is 1.92 bits per heavy atom. The van der Waals surface area contributed by atoms with Gasteiger partial charge in [0.25, 0.3) is 0 Å². The van der Waals surface area contributed by atoms with Gasteiger partial charge in [-0.25, -0.2) is 0 Å². The molecule has 2 heteroatoms. The topological polar surface area (TPSA) is 9.23 Å². The maximum Gasteiger partial charge on any atom is 0.0682 e. The zero-order valence-electron chi connectivity index (χ0n) is 8.72. The van der Waals surface area contributed by atoms with E-state index < -0.39 is 0 Å². The van der Waals surface area contributed by atoms with Gasteiger partial charge in [0, 0.05) is 12.4 Å². The number of hydrogen-bond acceptors (Lipinski definition) is 2. The molecule has 0 saturated heterocycles. The summed E-state index contributed by atoms with van der Waals surface area (Å²) in [6.45, 7) is 7.60. The van der Waals surface area contributed by atoms with Crippen LogP contribution in [0.1, 0.15) is 39.0 Å². The van der Waals surface area contributed by atoms with Crippen molar-refractivity contribution in [3.05, 3.63) is 12.2 Å². The van der Waals surface area contributed by atoms with Crippen LogP contribution < -0.4 is 0 Å². The van der Waals surface area contributed by atoms with Gasteiger partial charge < -0.3 is 4.74 Å². The van der Waals surface area contributed by atoms with Crippen molar-refractivity contribution in [2.75, 3.05) is 19.0 Å².